The summed E-state index contributed by atoms with van der Waals surface area (Å²) in [6.07, 6.45) is 0. The van der Waals surface area contributed by atoms with Gasteiger partial charge in [-0.25, -0.2) is 4.79 Å². The Bertz CT molecular complexity index is 820. The number of oxazole rings is 1. The normalized spacial score (nSPS) is 11.8. The van der Waals surface area contributed by atoms with Crippen LogP contribution in [0.3, 0.4) is 0 Å². The molecule has 0 spiro atoms. The van der Waals surface area contributed by atoms with Gasteiger partial charge < -0.3 is 9.32 Å². The van der Waals surface area contributed by atoms with Gasteiger partial charge in [0.2, 0.25) is 0 Å². The average Bonchev–Trinajstić information content (AvgIpc) is 3.17. The zero-order chi connectivity index (χ0) is 16.9. The van der Waals surface area contributed by atoms with Crippen molar-refractivity contribution in [1.29, 1.82) is 0 Å². The van der Waals surface area contributed by atoms with E-state index in [2.05, 4.69) is 40.7 Å². The van der Waals surface area contributed by atoms with Crippen molar-refractivity contribution < 1.29 is 4.42 Å². The smallest absolute Gasteiger partial charge is 0.408 e. The van der Waals surface area contributed by atoms with Crippen LogP contribution in [0.15, 0.2) is 50.3 Å². The summed E-state index contributed by atoms with van der Waals surface area (Å²) in [5.74, 6) is -0.278. The summed E-state index contributed by atoms with van der Waals surface area (Å²) in [4.78, 5) is 16.7. The topological polar surface area (TPSA) is 41.6 Å². The second-order valence-electron chi connectivity index (χ2n) is 6.20. The van der Waals surface area contributed by atoms with Crippen LogP contribution in [0.1, 0.15) is 5.56 Å². The Morgan fingerprint density at radius 1 is 1.12 bits per heavy atom. The molecule has 2 aromatic heterocycles. The molecule has 6 heteroatoms. The summed E-state index contributed by atoms with van der Waals surface area (Å²) in [6.45, 7) is 4.31. The SMILES string of the molecule is CN(C)CCN(CCn1c(=O)oc2ccccc21)Cc1ccsc1. The van der Waals surface area contributed by atoms with Crippen molar-refractivity contribution in [1.82, 2.24) is 14.4 Å². The van der Waals surface area contributed by atoms with Gasteiger partial charge in [0.15, 0.2) is 5.58 Å². The van der Waals surface area contributed by atoms with Crippen LogP contribution in [-0.2, 0) is 13.1 Å². The fraction of sp³-hybridized carbons (Fsp3) is 0.389. The third-order valence-electron chi connectivity index (χ3n) is 4.06. The van der Waals surface area contributed by atoms with Gasteiger partial charge in [-0.3, -0.25) is 9.47 Å². The van der Waals surface area contributed by atoms with E-state index in [4.69, 9.17) is 4.42 Å². The third kappa shape index (κ3) is 4.14. The van der Waals surface area contributed by atoms with Crippen molar-refractivity contribution in [3.8, 4) is 0 Å². The van der Waals surface area contributed by atoms with E-state index in [9.17, 15) is 4.79 Å². The molecule has 0 aliphatic heterocycles. The van der Waals surface area contributed by atoms with Gasteiger partial charge in [-0.1, -0.05) is 12.1 Å². The lowest BCUT2D eigenvalue weighted by molar-refractivity contribution is 0.225. The number of fused-ring (bicyclic) bond motifs is 1. The number of para-hydroxylation sites is 2. The Balaban J connectivity index is 1.71. The van der Waals surface area contributed by atoms with Gasteiger partial charge in [-0.15, -0.1) is 0 Å². The molecule has 24 heavy (non-hydrogen) atoms. The van der Waals surface area contributed by atoms with E-state index in [1.165, 1.54) is 5.56 Å². The number of nitrogens with zero attached hydrogens (tertiary/aromatic N) is 3. The van der Waals surface area contributed by atoms with Crippen LogP contribution in [0, 0.1) is 0 Å². The van der Waals surface area contributed by atoms with E-state index >= 15 is 0 Å². The van der Waals surface area contributed by atoms with Gasteiger partial charge >= 0.3 is 5.76 Å². The predicted molar refractivity (Wildman–Crippen MR) is 98.6 cm³/mol. The van der Waals surface area contributed by atoms with Gasteiger partial charge in [0.1, 0.15) is 0 Å². The molecule has 0 saturated heterocycles. The van der Waals surface area contributed by atoms with E-state index in [1.54, 1.807) is 15.9 Å². The lowest BCUT2D eigenvalue weighted by Gasteiger charge is -2.23. The van der Waals surface area contributed by atoms with E-state index in [-0.39, 0.29) is 5.76 Å². The minimum absolute atomic E-state index is 0.278. The lowest BCUT2D eigenvalue weighted by Crippen LogP contribution is -2.34. The molecule has 0 radical (unpaired) electrons. The van der Waals surface area contributed by atoms with Crippen molar-refractivity contribution in [2.45, 2.75) is 13.1 Å². The Hall–Kier alpha value is -1.89. The molecule has 2 heterocycles. The molecule has 0 bridgehead atoms. The molecule has 0 N–H and O–H groups in total. The molecule has 0 fully saturated rings. The molecule has 5 nitrogen and oxygen atoms in total. The number of likely N-dealkylation sites (N-methyl/N-ethyl adjacent to an activating group) is 1. The van der Waals surface area contributed by atoms with Crippen LogP contribution in [0.4, 0.5) is 0 Å². The Morgan fingerprint density at radius 3 is 2.71 bits per heavy atom. The highest BCUT2D eigenvalue weighted by molar-refractivity contribution is 7.07. The molecular formula is C18H23N3O2S. The molecule has 0 unspecified atom stereocenters. The van der Waals surface area contributed by atoms with Crippen LogP contribution >= 0.6 is 11.3 Å². The molecule has 3 aromatic rings. The summed E-state index contributed by atoms with van der Waals surface area (Å²) in [5, 5.41) is 4.29. The molecule has 128 valence electrons. The summed E-state index contributed by atoms with van der Waals surface area (Å²) in [6, 6.07) is 9.75. The van der Waals surface area contributed by atoms with Crippen molar-refractivity contribution in [2.24, 2.45) is 0 Å². The van der Waals surface area contributed by atoms with E-state index in [1.807, 2.05) is 24.3 Å². The van der Waals surface area contributed by atoms with Crippen molar-refractivity contribution in [3.05, 3.63) is 57.2 Å². The fourth-order valence-electron chi connectivity index (χ4n) is 2.72. The van der Waals surface area contributed by atoms with Crippen LogP contribution in [-0.4, -0.2) is 48.1 Å². The quantitative estimate of drug-likeness (QED) is 0.629. The molecule has 0 aliphatic rings. The number of thiophene rings is 1. The first-order valence-electron chi connectivity index (χ1n) is 8.10. The Morgan fingerprint density at radius 2 is 1.96 bits per heavy atom. The number of benzene rings is 1. The molecule has 1 aromatic carbocycles. The standard InChI is InChI=1S/C18H23N3O2S/c1-19(2)8-9-20(13-15-7-12-24-14-15)10-11-21-16-5-3-4-6-17(16)23-18(21)22/h3-7,12,14H,8-11,13H2,1-2H3. The summed E-state index contributed by atoms with van der Waals surface area (Å²) < 4.78 is 7.05. The molecule has 0 saturated carbocycles. The third-order valence-corrected chi connectivity index (χ3v) is 4.80. The second kappa shape index (κ2) is 7.79. The lowest BCUT2D eigenvalue weighted by atomic mass is 10.3. The van der Waals surface area contributed by atoms with Gasteiger partial charge in [0.05, 0.1) is 5.52 Å². The average molecular weight is 345 g/mol. The molecule has 3 rings (SSSR count). The first-order valence-corrected chi connectivity index (χ1v) is 9.04. The van der Waals surface area contributed by atoms with E-state index < -0.39 is 0 Å². The number of hydrogen-bond donors (Lipinski definition) is 0. The van der Waals surface area contributed by atoms with Crippen molar-refractivity contribution in [3.63, 3.8) is 0 Å². The zero-order valence-electron chi connectivity index (χ0n) is 14.1. The predicted octanol–water partition coefficient (Wildman–Crippen LogP) is 2.72. The van der Waals surface area contributed by atoms with E-state index in [0.29, 0.717) is 12.1 Å². The first kappa shape index (κ1) is 17.0. The number of rotatable bonds is 8. The van der Waals surface area contributed by atoms with Gasteiger partial charge in [-0.2, -0.15) is 11.3 Å². The Kier molecular flexibility index (Phi) is 5.50. The number of aromatic nitrogens is 1. The molecule has 0 aliphatic carbocycles. The molecule has 0 atom stereocenters. The van der Waals surface area contributed by atoms with Crippen LogP contribution in [0.5, 0.6) is 0 Å². The highest BCUT2D eigenvalue weighted by Gasteiger charge is 2.12. The minimum atomic E-state index is -0.278. The van der Waals surface area contributed by atoms with Gasteiger partial charge in [0.25, 0.3) is 0 Å². The van der Waals surface area contributed by atoms with Crippen LogP contribution < -0.4 is 5.76 Å². The maximum atomic E-state index is 12.1. The van der Waals surface area contributed by atoms with Crippen LogP contribution in [0.25, 0.3) is 11.1 Å². The maximum absolute atomic E-state index is 12.1. The first-order chi connectivity index (χ1) is 11.6. The van der Waals surface area contributed by atoms with Gasteiger partial charge in [-0.05, 0) is 48.6 Å². The molecule has 0 amide bonds. The number of hydrogen-bond acceptors (Lipinski definition) is 5. The van der Waals surface area contributed by atoms with E-state index in [0.717, 1.165) is 31.7 Å². The van der Waals surface area contributed by atoms with Crippen LogP contribution in [0.2, 0.25) is 0 Å². The minimum Gasteiger partial charge on any atom is -0.408 e. The molecular weight excluding hydrogens is 322 g/mol. The highest BCUT2D eigenvalue weighted by atomic mass is 32.1. The summed E-state index contributed by atoms with van der Waals surface area (Å²) >= 11 is 1.72. The zero-order valence-corrected chi connectivity index (χ0v) is 15.0. The van der Waals surface area contributed by atoms with Crippen molar-refractivity contribution >= 4 is 22.4 Å². The monoisotopic (exact) mass is 345 g/mol. The highest BCUT2D eigenvalue weighted by Crippen LogP contribution is 2.13. The Labute approximate surface area is 145 Å². The van der Waals surface area contributed by atoms with Crippen molar-refractivity contribution in [2.75, 3.05) is 33.7 Å². The second-order valence-corrected chi connectivity index (χ2v) is 6.98. The van der Waals surface area contributed by atoms with Gasteiger partial charge in [0, 0.05) is 32.7 Å². The maximum Gasteiger partial charge on any atom is 0.419 e. The largest absolute Gasteiger partial charge is 0.419 e. The fourth-order valence-corrected chi connectivity index (χ4v) is 3.38. The summed E-state index contributed by atoms with van der Waals surface area (Å²) in [7, 11) is 4.16. The summed E-state index contributed by atoms with van der Waals surface area (Å²) in [5.41, 5.74) is 2.84.